The number of hydrogen-bond donors (Lipinski definition) is 1. The first kappa shape index (κ1) is 22.2. The number of nitriles is 1. The van der Waals surface area contributed by atoms with Gasteiger partial charge in [-0.3, -0.25) is 9.59 Å². The van der Waals surface area contributed by atoms with Gasteiger partial charge in [0.15, 0.2) is 0 Å². The molecule has 1 aromatic carbocycles. The molecule has 0 unspecified atom stereocenters. The lowest BCUT2D eigenvalue weighted by molar-refractivity contribution is -0.133. The lowest BCUT2D eigenvalue weighted by atomic mass is 9.97. The van der Waals surface area contributed by atoms with E-state index < -0.39 is 0 Å². The Bertz CT molecular complexity index is 1310. The Morgan fingerprint density at radius 2 is 2.03 bits per heavy atom. The highest BCUT2D eigenvalue weighted by Gasteiger charge is 2.25. The summed E-state index contributed by atoms with van der Waals surface area (Å²) in [4.78, 5) is 32.3. The maximum atomic E-state index is 13.2. The number of aromatic nitrogens is 3. The normalized spacial score (nSPS) is 18.4. The van der Waals surface area contributed by atoms with Crippen LogP contribution in [0.25, 0.3) is 11.0 Å². The van der Waals surface area contributed by atoms with Gasteiger partial charge in [0.1, 0.15) is 12.4 Å². The Hall–Kier alpha value is -3.60. The zero-order chi connectivity index (χ0) is 23.7. The summed E-state index contributed by atoms with van der Waals surface area (Å²) in [6, 6.07) is 12.0. The number of rotatable bonds is 5. The molecule has 0 saturated carbocycles. The first-order valence-corrected chi connectivity index (χ1v) is 12.1. The molecule has 2 aromatic heterocycles. The first-order chi connectivity index (χ1) is 16.5. The number of anilines is 1. The molecule has 34 heavy (non-hydrogen) atoms. The van der Waals surface area contributed by atoms with Gasteiger partial charge in [-0.15, -0.1) is 0 Å². The summed E-state index contributed by atoms with van der Waals surface area (Å²) in [5, 5.41) is 12.7. The number of imidazole rings is 1. The Labute approximate surface area is 198 Å². The van der Waals surface area contributed by atoms with E-state index >= 15 is 0 Å². The molecule has 2 aliphatic heterocycles. The van der Waals surface area contributed by atoms with Crippen molar-refractivity contribution in [3.63, 3.8) is 0 Å². The number of amides is 1. The molecule has 1 fully saturated rings. The van der Waals surface area contributed by atoms with E-state index in [0.717, 1.165) is 48.2 Å². The van der Waals surface area contributed by atoms with Gasteiger partial charge in [0.05, 0.1) is 17.1 Å². The van der Waals surface area contributed by atoms with Crippen LogP contribution in [0, 0.1) is 17.2 Å². The second kappa shape index (κ2) is 9.34. The predicted octanol–water partition coefficient (Wildman–Crippen LogP) is 2.95. The molecule has 0 bridgehead atoms. The van der Waals surface area contributed by atoms with Crippen LogP contribution in [0.2, 0.25) is 0 Å². The molecule has 0 aliphatic carbocycles. The molecule has 2 aliphatic rings. The second-order valence-electron chi connectivity index (χ2n) is 9.42. The fourth-order valence-electron chi connectivity index (χ4n) is 5.11. The largest absolute Gasteiger partial charge is 0.382 e. The van der Waals surface area contributed by atoms with Gasteiger partial charge < -0.3 is 19.4 Å². The third-order valence-corrected chi connectivity index (χ3v) is 7.13. The summed E-state index contributed by atoms with van der Waals surface area (Å²) in [5.74, 6) is 0.913. The fourth-order valence-corrected chi connectivity index (χ4v) is 5.11. The lowest BCUT2D eigenvalue weighted by Crippen LogP contribution is -2.40. The van der Waals surface area contributed by atoms with Crippen molar-refractivity contribution in [1.82, 2.24) is 19.0 Å². The van der Waals surface area contributed by atoms with Crippen LogP contribution in [0.3, 0.4) is 0 Å². The molecular formula is C26H30N6O2. The van der Waals surface area contributed by atoms with Crippen LogP contribution < -0.4 is 10.9 Å². The van der Waals surface area contributed by atoms with E-state index in [2.05, 4.69) is 30.4 Å². The molecule has 176 valence electrons. The van der Waals surface area contributed by atoms with Crippen molar-refractivity contribution in [2.24, 2.45) is 5.92 Å². The van der Waals surface area contributed by atoms with Crippen molar-refractivity contribution >= 4 is 22.6 Å². The maximum absolute atomic E-state index is 13.2. The van der Waals surface area contributed by atoms with Gasteiger partial charge in [-0.2, -0.15) is 5.26 Å². The van der Waals surface area contributed by atoms with Crippen molar-refractivity contribution in [2.75, 3.05) is 18.4 Å². The zero-order valence-electron chi connectivity index (χ0n) is 19.5. The fraction of sp³-hybridized carbons (Fsp3) is 0.462. The molecule has 1 saturated heterocycles. The molecule has 4 heterocycles. The SMILES string of the molecule is C[C@H]1CCc2c(ccc3c2nc(CCn2ccccc2=O)n3CC(=O)N2CCC(C#N)CC2)N1. The number of fused-ring (bicyclic) bond motifs is 3. The van der Waals surface area contributed by atoms with Gasteiger partial charge in [0.2, 0.25) is 5.91 Å². The molecule has 8 nitrogen and oxygen atoms in total. The number of nitrogens with one attached hydrogen (secondary N) is 1. The van der Waals surface area contributed by atoms with Crippen LogP contribution in [-0.2, 0) is 30.7 Å². The predicted molar refractivity (Wildman–Crippen MR) is 130 cm³/mol. The van der Waals surface area contributed by atoms with E-state index in [1.807, 2.05) is 15.5 Å². The van der Waals surface area contributed by atoms with Crippen molar-refractivity contribution in [1.29, 1.82) is 5.26 Å². The molecule has 0 spiro atoms. The third kappa shape index (κ3) is 4.30. The number of pyridine rings is 1. The van der Waals surface area contributed by atoms with Crippen LogP contribution in [0.5, 0.6) is 0 Å². The maximum Gasteiger partial charge on any atom is 0.250 e. The molecule has 5 rings (SSSR count). The quantitative estimate of drug-likeness (QED) is 0.634. The Balaban J connectivity index is 1.47. The van der Waals surface area contributed by atoms with E-state index in [0.29, 0.717) is 32.1 Å². The molecule has 1 atom stereocenters. The minimum Gasteiger partial charge on any atom is -0.382 e. The number of carbonyl (C=O) groups excluding carboxylic acids is 1. The lowest BCUT2D eigenvalue weighted by Gasteiger charge is -2.29. The van der Waals surface area contributed by atoms with Gasteiger partial charge in [0.25, 0.3) is 5.56 Å². The number of carbonyl (C=O) groups is 1. The zero-order valence-corrected chi connectivity index (χ0v) is 19.5. The van der Waals surface area contributed by atoms with Gasteiger partial charge in [0, 0.05) is 61.5 Å². The monoisotopic (exact) mass is 458 g/mol. The van der Waals surface area contributed by atoms with Gasteiger partial charge in [-0.25, -0.2) is 4.98 Å². The number of nitrogens with zero attached hydrogens (tertiary/aromatic N) is 5. The van der Waals surface area contributed by atoms with Crippen molar-refractivity contribution in [3.05, 3.63) is 58.3 Å². The summed E-state index contributed by atoms with van der Waals surface area (Å²) in [6.07, 6.45) is 5.79. The average molecular weight is 459 g/mol. The van der Waals surface area contributed by atoms with Gasteiger partial charge in [-0.05, 0) is 50.8 Å². The van der Waals surface area contributed by atoms with Crippen LogP contribution in [-0.4, -0.2) is 44.1 Å². The van der Waals surface area contributed by atoms with Crippen molar-refractivity contribution < 1.29 is 4.79 Å². The highest BCUT2D eigenvalue weighted by atomic mass is 16.2. The minimum absolute atomic E-state index is 0.0410. The third-order valence-electron chi connectivity index (χ3n) is 7.13. The van der Waals surface area contributed by atoms with E-state index in [9.17, 15) is 9.59 Å². The van der Waals surface area contributed by atoms with Crippen LogP contribution in [0.4, 0.5) is 5.69 Å². The summed E-state index contributed by atoms with van der Waals surface area (Å²) in [6.45, 7) is 4.14. The molecule has 1 amide bonds. The number of likely N-dealkylation sites (tertiary alicyclic amines) is 1. The number of benzene rings is 1. The Morgan fingerprint density at radius 1 is 1.21 bits per heavy atom. The summed E-state index contributed by atoms with van der Waals surface area (Å²) in [7, 11) is 0. The summed E-state index contributed by atoms with van der Waals surface area (Å²) in [5.41, 5.74) is 4.19. The highest BCUT2D eigenvalue weighted by molar-refractivity contribution is 5.87. The van der Waals surface area contributed by atoms with Crippen molar-refractivity contribution in [3.8, 4) is 6.07 Å². The Morgan fingerprint density at radius 3 is 2.79 bits per heavy atom. The van der Waals surface area contributed by atoms with Gasteiger partial charge >= 0.3 is 0 Å². The molecule has 1 N–H and O–H groups in total. The topological polar surface area (TPSA) is 96.0 Å². The molecule has 0 radical (unpaired) electrons. The highest BCUT2D eigenvalue weighted by Crippen LogP contribution is 2.32. The summed E-state index contributed by atoms with van der Waals surface area (Å²) >= 11 is 0. The number of piperidine rings is 1. The molecule has 8 heteroatoms. The summed E-state index contributed by atoms with van der Waals surface area (Å²) < 4.78 is 3.71. The van der Waals surface area contributed by atoms with E-state index in [-0.39, 0.29) is 23.9 Å². The molecule has 3 aromatic rings. The van der Waals surface area contributed by atoms with Crippen LogP contribution in [0.15, 0.2) is 41.3 Å². The Kier molecular flexibility index (Phi) is 6.10. The number of aryl methyl sites for hydroxylation is 3. The van der Waals surface area contributed by atoms with Crippen molar-refractivity contribution in [2.45, 2.75) is 58.2 Å². The number of hydrogen-bond acceptors (Lipinski definition) is 5. The van der Waals surface area contributed by atoms with E-state index in [4.69, 9.17) is 10.2 Å². The van der Waals surface area contributed by atoms with Crippen LogP contribution in [0.1, 0.15) is 37.6 Å². The average Bonchev–Trinajstić information content (AvgIpc) is 3.20. The van der Waals surface area contributed by atoms with Crippen LogP contribution >= 0.6 is 0 Å². The smallest absolute Gasteiger partial charge is 0.250 e. The minimum atomic E-state index is -0.0443. The second-order valence-corrected chi connectivity index (χ2v) is 9.42. The molecular weight excluding hydrogens is 428 g/mol. The van der Waals surface area contributed by atoms with E-state index in [1.54, 1.807) is 22.9 Å². The van der Waals surface area contributed by atoms with E-state index in [1.165, 1.54) is 5.56 Å². The standard InChI is InChI=1S/C26H30N6O2/c1-18-5-6-20-21(28-18)7-8-22-26(20)29-23(11-15-30-12-3-2-4-24(30)33)32(22)17-25(34)31-13-9-19(16-27)10-14-31/h2-4,7-8,12,18-19,28H,5-6,9-11,13-15,17H2,1H3/t18-/m0/s1. The van der Waals surface area contributed by atoms with Gasteiger partial charge in [-0.1, -0.05) is 6.07 Å². The first-order valence-electron chi connectivity index (χ1n) is 12.1.